The molecule has 0 aromatic carbocycles. The number of ether oxygens (including phenoxy) is 2. The summed E-state index contributed by atoms with van der Waals surface area (Å²) in [4.78, 5) is 17.1. The fourth-order valence-corrected chi connectivity index (χ4v) is 3.83. The highest BCUT2D eigenvalue weighted by molar-refractivity contribution is 5.67. The van der Waals surface area contributed by atoms with Crippen LogP contribution in [0, 0.1) is 11.8 Å². The van der Waals surface area contributed by atoms with E-state index in [9.17, 15) is 4.79 Å². The summed E-state index contributed by atoms with van der Waals surface area (Å²) >= 11 is 0. The predicted molar refractivity (Wildman–Crippen MR) is 81.2 cm³/mol. The molecule has 2 heterocycles. The molecule has 1 amide bonds. The molecule has 8 heteroatoms. The van der Waals surface area contributed by atoms with E-state index in [0.29, 0.717) is 18.4 Å². The minimum Gasteiger partial charge on any atom is -0.447 e. The van der Waals surface area contributed by atoms with Gasteiger partial charge in [-0.1, -0.05) is 6.92 Å². The molecule has 1 aliphatic carbocycles. The second-order valence-electron chi connectivity index (χ2n) is 6.50. The first-order valence-corrected chi connectivity index (χ1v) is 8.54. The van der Waals surface area contributed by atoms with E-state index in [0.717, 1.165) is 25.7 Å². The number of rotatable bonds is 5. The molecule has 2 aliphatic heterocycles. The first-order valence-electron chi connectivity index (χ1n) is 8.54. The summed E-state index contributed by atoms with van der Waals surface area (Å²) in [6.07, 6.45) is 3.91. The van der Waals surface area contributed by atoms with Gasteiger partial charge in [-0.3, -0.25) is 10.2 Å². The zero-order valence-electron chi connectivity index (χ0n) is 13.5. The molecule has 6 unspecified atom stereocenters. The van der Waals surface area contributed by atoms with Crippen molar-refractivity contribution < 1.29 is 24.2 Å². The van der Waals surface area contributed by atoms with E-state index in [1.807, 2.05) is 0 Å². The van der Waals surface area contributed by atoms with Gasteiger partial charge in [-0.05, 0) is 31.6 Å². The van der Waals surface area contributed by atoms with Gasteiger partial charge in [0.1, 0.15) is 12.8 Å². The molecule has 3 aliphatic rings. The number of alkyl carbamates (subject to hydrolysis) is 1. The third-order valence-electron chi connectivity index (χ3n) is 5.06. The zero-order chi connectivity index (χ0) is 16.2. The van der Waals surface area contributed by atoms with Gasteiger partial charge in [-0.15, -0.1) is 0 Å². The highest BCUT2D eigenvalue weighted by Crippen LogP contribution is 2.38. The Morgan fingerprint density at radius 2 is 2.30 bits per heavy atom. The van der Waals surface area contributed by atoms with Crippen LogP contribution in [0.4, 0.5) is 4.79 Å². The fraction of sp³-hybridized carbons (Fsp3) is 0.933. The number of aliphatic hydroxyl groups is 1. The van der Waals surface area contributed by atoms with Gasteiger partial charge in [-0.2, -0.15) is 5.48 Å². The van der Waals surface area contributed by atoms with Crippen LogP contribution in [0.5, 0.6) is 0 Å². The third kappa shape index (κ3) is 3.95. The zero-order valence-corrected chi connectivity index (χ0v) is 13.5. The average molecular weight is 329 g/mol. The SMILES string of the molecule is CCC1NC(C2CCC3C(NC(=O)OCCO)COC3C2)NO1. The lowest BCUT2D eigenvalue weighted by Crippen LogP contribution is -2.47. The summed E-state index contributed by atoms with van der Waals surface area (Å²) in [6, 6.07) is -0.00344. The van der Waals surface area contributed by atoms with Gasteiger partial charge in [0.15, 0.2) is 0 Å². The minimum absolute atomic E-state index is 0.00344. The van der Waals surface area contributed by atoms with Crippen molar-refractivity contribution in [1.82, 2.24) is 16.1 Å². The molecule has 4 N–H and O–H groups in total. The van der Waals surface area contributed by atoms with Gasteiger partial charge in [0.2, 0.25) is 0 Å². The van der Waals surface area contributed by atoms with Crippen molar-refractivity contribution in [3.8, 4) is 0 Å². The van der Waals surface area contributed by atoms with E-state index < -0.39 is 6.09 Å². The summed E-state index contributed by atoms with van der Waals surface area (Å²) in [5.74, 6) is 0.796. The van der Waals surface area contributed by atoms with Gasteiger partial charge >= 0.3 is 6.09 Å². The van der Waals surface area contributed by atoms with Crippen molar-refractivity contribution in [2.45, 2.75) is 57.1 Å². The number of carbonyl (C=O) groups is 1. The number of nitrogens with one attached hydrogen (secondary N) is 3. The Balaban J connectivity index is 1.47. The van der Waals surface area contributed by atoms with Crippen molar-refractivity contribution >= 4 is 6.09 Å². The van der Waals surface area contributed by atoms with E-state index in [2.05, 4.69) is 23.0 Å². The number of aliphatic hydroxyl groups excluding tert-OH is 1. The van der Waals surface area contributed by atoms with Crippen LogP contribution in [0.15, 0.2) is 0 Å². The van der Waals surface area contributed by atoms with Gasteiger partial charge in [0.25, 0.3) is 0 Å². The molecule has 132 valence electrons. The second-order valence-corrected chi connectivity index (χ2v) is 6.50. The largest absolute Gasteiger partial charge is 0.447 e. The van der Waals surface area contributed by atoms with E-state index in [1.54, 1.807) is 0 Å². The molecule has 6 atom stereocenters. The lowest BCUT2D eigenvalue weighted by atomic mass is 9.77. The van der Waals surface area contributed by atoms with E-state index in [-0.39, 0.29) is 37.8 Å². The van der Waals surface area contributed by atoms with Gasteiger partial charge in [0.05, 0.1) is 31.5 Å². The molecule has 1 saturated carbocycles. The van der Waals surface area contributed by atoms with Crippen molar-refractivity contribution in [1.29, 1.82) is 0 Å². The molecule has 3 fully saturated rings. The molecule has 23 heavy (non-hydrogen) atoms. The molecule has 2 saturated heterocycles. The normalized spacial score (nSPS) is 39.9. The van der Waals surface area contributed by atoms with Crippen LogP contribution < -0.4 is 16.1 Å². The van der Waals surface area contributed by atoms with Crippen molar-refractivity contribution in [3.63, 3.8) is 0 Å². The summed E-state index contributed by atoms with van der Waals surface area (Å²) in [6.45, 7) is 2.47. The Morgan fingerprint density at radius 1 is 1.43 bits per heavy atom. The summed E-state index contributed by atoms with van der Waals surface area (Å²) in [5, 5.41) is 15.0. The summed E-state index contributed by atoms with van der Waals surface area (Å²) < 4.78 is 10.8. The Hall–Kier alpha value is -0.930. The number of amides is 1. The number of carbonyl (C=O) groups excluding carboxylic acids is 1. The van der Waals surface area contributed by atoms with Crippen LogP contribution in [0.2, 0.25) is 0 Å². The number of hydrogen-bond acceptors (Lipinski definition) is 7. The monoisotopic (exact) mass is 329 g/mol. The quantitative estimate of drug-likeness (QED) is 0.566. The lowest BCUT2D eigenvalue weighted by Gasteiger charge is -2.35. The van der Waals surface area contributed by atoms with E-state index in [1.165, 1.54) is 0 Å². The first-order chi connectivity index (χ1) is 11.2. The Morgan fingerprint density at radius 3 is 3.04 bits per heavy atom. The van der Waals surface area contributed by atoms with E-state index in [4.69, 9.17) is 19.4 Å². The molecular weight excluding hydrogens is 302 g/mol. The number of hydrogen-bond donors (Lipinski definition) is 4. The summed E-state index contributed by atoms with van der Waals surface area (Å²) in [5.41, 5.74) is 3.09. The topological polar surface area (TPSA) is 101 Å². The number of fused-ring (bicyclic) bond motifs is 1. The van der Waals surface area contributed by atoms with Crippen LogP contribution in [-0.2, 0) is 14.3 Å². The van der Waals surface area contributed by atoms with Crippen LogP contribution in [0.1, 0.15) is 32.6 Å². The molecule has 3 rings (SSSR count). The van der Waals surface area contributed by atoms with Crippen LogP contribution in [-0.4, -0.2) is 55.6 Å². The van der Waals surface area contributed by atoms with Crippen LogP contribution >= 0.6 is 0 Å². The third-order valence-corrected chi connectivity index (χ3v) is 5.06. The maximum atomic E-state index is 11.6. The Kier molecular flexibility index (Phi) is 5.71. The highest BCUT2D eigenvalue weighted by Gasteiger charge is 2.44. The van der Waals surface area contributed by atoms with Gasteiger partial charge in [0, 0.05) is 5.92 Å². The lowest BCUT2D eigenvalue weighted by molar-refractivity contribution is 0.00264. The Bertz CT molecular complexity index is 411. The first kappa shape index (κ1) is 16.9. The molecule has 0 bridgehead atoms. The predicted octanol–water partition coefficient (Wildman–Crippen LogP) is 0.0752. The average Bonchev–Trinajstić information content (AvgIpc) is 3.19. The summed E-state index contributed by atoms with van der Waals surface area (Å²) in [7, 11) is 0. The van der Waals surface area contributed by atoms with Crippen molar-refractivity contribution in [2.24, 2.45) is 11.8 Å². The molecular formula is C15H27N3O5. The molecule has 0 spiro atoms. The standard InChI is InChI=1S/C15H27N3O5/c1-2-13-17-14(18-23-13)9-3-4-10-11(8-22-12(10)7-9)16-15(20)21-6-5-19/h9-14,17-19H,2-8H2,1H3,(H,16,20). The van der Waals surface area contributed by atoms with Crippen molar-refractivity contribution in [2.75, 3.05) is 19.8 Å². The molecule has 0 aromatic rings. The smallest absolute Gasteiger partial charge is 0.407 e. The molecule has 0 aromatic heterocycles. The minimum atomic E-state index is -0.478. The van der Waals surface area contributed by atoms with Crippen LogP contribution in [0.3, 0.4) is 0 Å². The highest BCUT2D eigenvalue weighted by atomic mass is 16.7. The van der Waals surface area contributed by atoms with Gasteiger partial charge < -0.3 is 19.9 Å². The van der Waals surface area contributed by atoms with E-state index >= 15 is 0 Å². The number of hydroxylamine groups is 1. The Labute approximate surface area is 136 Å². The molecule has 0 radical (unpaired) electrons. The maximum Gasteiger partial charge on any atom is 0.407 e. The molecule has 8 nitrogen and oxygen atoms in total. The van der Waals surface area contributed by atoms with Crippen LogP contribution in [0.25, 0.3) is 0 Å². The van der Waals surface area contributed by atoms with Gasteiger partial charge in [-0.25, -0.2) is 4.79 Å². The fourth-order valence-electron chi connectivity index (χ4n) is 3.83. The van der Waals surface area contributed by atoms with Crippen molar-refractivity contribution in [3.05, 3.63) is 0 Å². The second kappa shape index (κ2) is 7.76. The maximum absolute atomic E-state index is 11.6.